The van der Waals surface area contributed by atoms with Crippen molar-refractivity contribution in [1.82, 2.24) is 20.2 Å². The smallest absolute Gasteiger partial charge is 0.303 e. The average molecular weight is 891 g/mol. The summed E-state index contributed by atoms with van der Waals surface area (Å²) in [4.78, 5) is 59.6. The van der Waals surface area contributed by atoms with Gasteiger partial charge in [0.2, 0.25) is 0 Å². The van der Waals surface area contributed by atoms with Gasteiger partial charge in [-0.3, -0.25) is 24.2 Å². The second-order valence-corrected chi connectivity index (χ2v) is 18.4. The summed E-state index contributed by atoms with van der Waals surface area (Å²) in [6.45, 7) is 14.3. The zero-order chi connectivity index (χ0) is 47.0. The molecule has 12 heteroatoms. The minimum absolute atomic E-state index is 0.0281. The lowest BCUT2D eigenvalue weighted by molar-refractivity contribution is -0.139. The minimum Gasteiger partial charge on any atom is -0.481 e. The van der Waals surface area contributed by atoms with Gasteiger partial charge in [0.15, 0.2) is 0 Å². The number of aryl methyl sites for hydroxylation is 1. The SMILES string of the molecule is CCN(CC)c1ccc(NC(=O)c2cccc(Cn3ccc4c(C(=O)NC(C)(C)CCOC(C)(C)CCC(=O)O)cccc43)c2)c(-c2cc(C(=O)N[C@H]3CCCc4ccccc43)ccn2)c1. The molecule has 0 fully saturated rings. The fourth-order valence-electron chi connectivity index (χ4n) is 8.76. The molecule has 4 aromatic carbocycles. The second-order valence-electron chi connectivity index (χ2n) is 18.4. The van der Waals surface area contributed by atoms with Crippen LogP contribution in [-0.2, 0) is 22.5 Å². The maximum atomic E-state index is 14.1. The molecule has 0 spiro atoms. The number of ether oxygens (including phenoxy) is 1. The first-order valence-corrected chi connectivity index (χ1v) is 23.0. The quantitative estimate of drug-likeness (QED) is 0.0627. The van der Waals surface area contributed by atoms with Crippen molar-refractivity contribution in [1.29, 1.82) is 0 Å². The molecule has 0 unspecified atom stereocenters. The number of hydrogen-bond acceptors (Lipinski definition) is 7. The molecule has 7 rings (SSSR count). The molecule has 6 aromatic rings. The van der Waals surface area contributed by atoms with Crippen LogP contribution in [0.1, 0.15) is 127 Å². The third-order valence-corrected chi connectivity index (χ3v) is 12.6. The third kappa shape index (κ3) is 11.5. The summed E-state index contributed by atoms with van der Waals surface area (Å²) >= 11 is 0. The summed E-state index contributed by atoms with van der Waals surface area (Å²) in [6, 6.07) is 32.8. The molecule has 2 heterocycles. The first kappa shape index (κ1) is 47.2. The van der Waals surface area contributed by atoms with Gasteiger partial charge < -0.3 is 35.3 Å². The first-order chi connectivity index (χ1) is 31.6. The highest BCUT2D eigenvalue weighted by molar-refractivity contribution is 6.08. The van der Waals surface area contributed by atoms with Crippen molar-refractivity contribution in [2.45, 2.75) is 104 Å². The van der Waals surface area contributed by atoms with Crippen molar-refractivity contribution in [3.63, 3.8) is 0 Å². The van der Waals surface area contributed by atoms with Gasteiger partial charge in [0.05, 0.1) is 23.0 Å². The molecule has 1 aliphatic rings. The summed E-state index contributed by atoms with van der Waals surface area (Å²) in [6.07, 6.45) is 7.46. The van der Waals surface area contributed by atoms with Gasteiger partial charge in [0.25, 0.3) is 17.7 Å². The van der Waals surface area contributed by atoms with E-state index in [0.717, 1.165) is 54.5 Å². The number of aliphatic carboxylic acids is 1. The lowest BCUT2D eigenvalue weighted by Gasteiger charge is -2.30. The molecule has 0 bridgehead atoms. The van der Waals surface area contributed by atoms with Crippen LogP contribution in [0.3, 0.4) is 0 Å². The van der Waals surface area contributed by atoms with Crippen LogP contribution in [0, 0.1) is 0 Å². The molecular weight excluding hydrogens is 829 g/mol. The average Bonchev–Trinajstić information content (AvgIpc) is 3.71. The Kier molecular flexibility index (Phi) is 14.7. The molecule has 0 radical (unpaired) electrons. The number of amides is 3. The number of aromatic nitrogens is 2. The van der Waals surface area contributed by atoms with Gasteiger partial charge in [-0.05, 0) is 151 Å². The largest absolute Gasteiger partial charge is 0.481 e. The van der Waals surface area contributed by atoms with E-state index < -0.39 is 17.1 Å². The highest BCUT2D eigenvalue weighted by Crippen LogP contribution is 2.34. The van der Waals surface area contributed by atoms with E-state index in [1.54, 1.807) is 24.4 Å². The lowest BCUT2D eigenvalue weighted by atomic mass is 9.87. The Hall–Kier alpha value is -6.79. The van der Waals surface area contributed by atoms with Crippen LogP contribution >= 0.6 is 0 Å². The van der Waals surface area contributed by atoms with E-state index in [1.807, 2.05) is 107 Å². The van der Waals surface area contributed by atoms with Crippen molar-refractivity contribution in [3.05, 3.63) is 149 Å². The number of benzene rings is 4. The van der Waals surface area contributed by atoms with Crippen molar-refractivity contribution in [2.75, 3.05) is 29.9 Å². The van der Waals surface area contributed by atoms with Crippen LogP contribution in [0.5, 0.6) is 0 Å². The van der Waals surface area contributed by atoms with E-state index in [9.17, 15) is 19.2 Å². The predicted molar refractivity (Wildman–Crippen MR) is 261 cm³/mol. The first-order valence-electron chi connectivity index (χ1n) is 23.0. The minimum atomic E-state index is -0.858. The number of hydrogen-bond donors (Lipinski definition) is 4. The standard InChI is InChI=1S/C54H62N6O6/c1-7-59(8-2)40-22-23-46(44(34-40)47-33-39(25-29-55-47)51(64)56-45-20-12-16-37-15-9-10-18-41(37)45)57-50(63)38-17-11-14-36(32-38)35-60-30-26-42-43(19-13-21-48(42)60)52(65)58-53(3,4)28-31-66-54(5,6)27-24-49(61)62/h9-11,13-15,17-19,21-23,25-26,29-30,32-34,45H,7-8,12,16,20,24,27-28,31,35H2,1-6H3,(H,56,64)(H,57,63)(H,58,65)(H,61,62)/t45-/m0/s1. The maximum absolute atomic E-state index is 14.1. The lowest BCUT2D eigenvalue weighted by Crippen LogP contribution is -2.44. The van der Waals surface area contributed by atoms with Gasteiger partial charge in [0.1, 0.15) is 0 Å². The van der Waals surface area contributed by atoms with Crippen LogP contribution < -0.4 is 20.9 Å². The molecular formula is C54H62N6O6. The molecule has 4 N–H and O–H groups in total. The number of carboxylic acid groups (broad SMARTS) is 1. The van der Waals surface area contributed by atoms with Crippen LogP contribution in [-0.4, -0.2) is 69.2 Å². The van der Waals surface area contributed by atoms with Crippen LogP contribution in [0.4, 0.5) is 11.4 Å². The van der Waals surface area contributed by atoms with E-state index in [0.29, 0.717) is 59.6 Å². The number of carbonyl (C=O) groups excluding carboxylic acids is 3. The zero-order valence-electron chi connectivity index (χ0n) is 38.9. The number of fused-ring (bicyclic) bond motifs is 2. The monoisotopic (exact) mass is 890 g/mol. The summed E-state index contributed by atoms with van der Waals surface area (Å²) in [5, 5.41) is 19.5. The Bertz CT molecular complexity index is 2720. The fraction of sp³-hybridized carbons (Fsp3) is 0.352. The second kappa shape index (κ2) is 20.6. The van der Waals surface area contributed by atoms with E-state index in [4.69, 9.17) is 14.8 Å². The fourth-order valence-corrected chi connectivity index (χ4v) is 8.76. The van der Waals surface area contributed by atoms with E-state index >= 15 is 0 Å². The number of rotatable bonds is 19. The predicted octanol–water partition coefficient (Wildman–Crippen LogP) is 10.2. The molecule has 2 aromatic heterocycles. The third-order valence-electron chi connectivity index (χ3n) is 12.6. The topological polar surface area (TPSA) is 155 Å². The van der Waals surface area contributed by atoms with E-state index in [2.05, 4.69) is 51.4 Å². The summed E-state index contributed by atoms with van der Waals surface area (Å²) in [5.74, 6) is -1.52. The Morgan fingerprint density at radius 1 is 0.833 bits per heavy atom. The summed E-state index contributed by atoms with van der Waals surface area (Å²) < 4.78 is 8.07. The van der Waals surface area contributed by atoms with Crippen molar-refractivity contribution in [3.8, 4) is 11.3 Å². The highest BCUT2D eigenvalue weighted by Gasteiger charge is 2.27. The molecule has 1 aliphatic carbocycles. The Morgan fingerprint density at radius 3 is 2.39 bits per heavy atom. The molecule has 3 amide bonds. The van der Waals surface area contributed by atoms with Gasteiger partial charge >= 0.3 is 5.97 Å². The number of pyridine rings is 1. The summed E-state index contributed by atoms with van der Waals surface area (Å²) in [7, 11) is 0. The molecule has 1 atom stereocenters. The van der Waals surface area contributed by atoms with E-state index in [1.165, 1.54) is 11.1 Å². The van der Waals surface area contributed by atoms with Crippen molar-refractivity contribution >= 4 is 46.0 Å². The van der Waals surface area contributed by atoms with Crippen LogP contribution in [0.25, 0.3) is 22.2 Å². The number of nitrogens with zero attached hydrogens (tertiary/aromatic N) is 3. The van der Waals surface area contributed by atoms with Gasteiger partial charge in [-0.2, -0.15) is 0 Å². The van der Waals surface area contributed by atoms with Crippen molar-refractivity contribution in [2.24, 2.45) is 0 Å². The van der Waals surface area contributed by atoms with Gasteiger partial charge in [-0.15, -0.1) is 0 Å². The van der Waals surface area contributed by atoms with Gasteiger partial charge in [-0.1, -0.05) is 42.5 Å². The molecule has 12 nitrogen and oxygen atoms in total. The number of nitrogens with one attached hydrogen (secondary N) is 3. The Morgan fingerprint density at radius 2 is 1.61 bits per heavy atom. The molecule has 0 saturated carbocycles. The Labute approximate surface area is 387 Å². The van der Waals surface area contributed by atoms with Crippen LogP contribution in [0.2, 0.25) is 0 Å². The van der Waals surface area contributed by atoms with Gasteiger partial charge in [0, 0.05) is 89.4 Å². The molecule has 0 saturated heterocycles. The van der Waals surface area contributed by atoms with Gasteiger partial charge in [-0.25, -0.2) is 0 Å². The van der Waals surface area contributed by atoms with E-state index in [-0.39, 0.29) is 30.2 Å². The zero-order valence-corrected chi connectivity index (χ0v) is 38.9. The molecule has 66 heavy (non-hydrogen) atoms. The number of carboxylic acids is 1. The molecule has 0 aliphatic heterocycles. The van der Waals surface area contributed by atoms with Crippen LogP contribution in [0.15, 0.2) is 116 Å². The van der Waals surface area contributed by atoms with Crippen molar-refractivity contribution < 1.29 is 29.0 Å². The Balaban J connectivity index is 1.06. The normalized spacial score (nSPS) is 13.8. The summed E-state index contributed by atoms with van der Waals surface area (Å²) in [5.41, 5.74) is 7.40. The number of carbonyl (C=O) groups is 4. The number of anilines is 2. The molecule has 344 valence electrons. The maximum Gasteiger partial charge on any atom is 0.303 e. The highest BCUT2D eigenvalue weighted by atomic mass is 16.5.